The molecule has 0 radical (unpaired) electrons. The number of fused-ring (bicyclic) bond motifs is 1. The number of amides is 1. The van der Waals surface area contributed by atoms with Gasteiger partial charge in [-0.2, -0.15) is 0 Å². The highest BCUT2D eigenvalue weighted by Gasteiger charge is 2.20. The standard InChI is InChI=1S/C26H25N3O4S/c1-15-20(22(30)12-7-16-5-4-6-19(13-16)33-3)14-21-23(27)24(34-26(21)28-15)25(31)29-17-8-10-18(32-2)11-9-17/h4-6,8-11,13-14H,7,12,27H2,1-3H3,(H,29,31). The molecular formula is C26H25N3O4S. The molecule has 4 aromatic rings. The number of hydrogen-bond acceptors (Lipinski definition) is 7. The third-order valence-corrected chi connectivity index (χ3v) is 6.66. The fourth-order valence-corrected chi connectivity index (χ4v) is 4.68. The number of ketones is 1. The Hall–Kier alpha value is -3.91. The van der Waals surface area contributed by atoms with Crippen molar-refractivity contribution in [2.45, 2.75) is 19.8 Å². The van der Waals surface area contributed by atoms with Gasteiger partial charge >= 0.3 is 0 Å². The number of nitrogen functional groups attached to an aromatic ring is 1. The number of aromatic nitrogens is 1. The normalized spacial score (nSPS) is 10.8. The molecule has 2 aromatic carbocycles. The second-order valence-corrected chi connectivity index (χ2v) is 8.78. The first-order valence-corrected chi connectivity index (χ1v) is 11.5. The van der Waals surface area contributed by atoms with Crippen LogP contribution in [-0.4, -0.2) is 30.9 Å². The number of nitrogens with two attached hydrogens (primary N) is 1. The first-order chi connectivity index (χ1) is 16.4. The number of carbonyl (C=O) groups excluding carboxylic acids is 2. The summed E-state index contributed by atoms with van der Waals surface area (Å²) in [6.45, 7) is 1.80. The molecule has 174 valence electrons. The Bertz CT molecular complexity index is 1360. The Morgan fingerprint density at radius 1 is 1.03 bits per heavy atom. The van der Waals surface area contributed by atoms with Gasteiger partial charge in [0.1, 0.15) is 21.2 Å². The minimum absolute atomic E-state index is 0.0236. The van der Waals surface area contributed by atoms with Crippen LogP contribution in [0, 0.1) is 6.92 Å². The summed E-state index contributed by atoms with van der Waals surface area (Å²) in [5.41, 5.74) is 9.42. The molecule has 0 atom stereocenters. The largest absolute Gasteiger partial charge is 0.497 e. The molecule has 0 unspecified atom stereocenters. The average Bonchev–Trinajstić information content (AvgIpc) is 3.17. The van der Waals surface area contributed by atoms with Crippen molar-refractivity contribution in [2.75, 3.05) is 25.3 Å². The summed E-state index contributed by atoms with van der Waals surface area (Å²) in [5.74, 6) is 1.11. The molecule has 0 saturated carbocycles. The van der Waals surface area contributed by atoms with E-state index < -0.39 is 0 Å². The molecule has 0 aliphatic rings. The Morgan fingerprint density at radius 3 is 2.47 bits per heavy atom. The Labute approximate surface area is 201 Å². The predicted octanol–water partition coefficient (Wildman–Crippen LogP) is 5.27. The Kier molecular flexibility index (Phi) is 6.79. The number of rotatable bonds is 8. The Balaban J connectivity index is 1.54. The van der Waals surface area contributed by atoms with E-state index in [0.717, 1.165) is 11.3 Å². The maximum Gasteiger partial charge on any atom is 0.267 e. The average molecular weight is 476 g/mol. The van der Waals surface area contributed by atoms with Crippen LogP contribution in [0.25, 0.3) is 10.2 Å². The number of thiophene rings is 1. The maximum atomic E-state index is 13.0. The Morgan fingerprint density at radius 2 is 1.76 bits per heavy atom. The van der Waals surface area contributed by atoms with Crippen LogP contribution in [-0.2, 0) is 6.42 Å². The number of benzene rings is 2. The van der Waals surface area contributed by atoms with E-state index in [1.54, 1.807) is 51.5 Å². The lowest BCUT2D eigenvalue weighted by atomic mass is 10.0. The van der Waals surface area contributed by atoms with Gasteiger partial charge in [-0.15, -0.1) is 11.3 Å². The van der Waals surface area contributed by atoms with Crippen LogP contribution in [0.15, 0.2) is 54.6 Å². The van der Waals surface area contributed by atoms with Gasteiger partial charge in [-0.3, -0.25) is 9.59 Å². The van der Waals surface area contributed by atoms with Crippen LogP contribution >= 0.6 is 11.3 Å². The third kappa shape index (κ3) is 4.87. The zero-order valence-corrected chi connectivity index (χ0v) is 20.0. The van der Waals surface area contributed by atoms with Gasteiger partial charge in [0, 0.05) is 28.8 Å². The summed E-state index contributed by atoms with van der Waals surface area (Å²) in [7, 11) is 3.20. The second kappa shape index (κ2) is 9.93. The monoisotopic (exact) mass is 475 g/mol. The molecule has 0 bridgehead atoms. The van der Waals surface area contributed by atoms with Gasteiger partial charge < -0.3 is 20.5 Å². The first kappa shape index (κ1) is 23.3. The lowest BCUT2D eigenvalue weighted by Gasteiger charge is -2.07. The van der Waals surface area contributed by atoms with Crippen molar-refractivity contribution < 1.29 is 19.1 Å². The van der Waals surface area contributed by atoms with Crippen LogP contribution in [0.5, 0.6) is 11.5 Å². The highest BCUT2D eigenvalue weighted by Crippen LogP contribution is 2.34. The van der Waals surface area contributed by atoms with Crippen LogP contribution in [0.1, 0.15) is 37.7 Å². The number of nitrogens with zero attached hydrogens (tertiary/aromatic N) is 1. The van der Waals surface area contributed by atoms with Crippen molar-refractivity contribution in [3.8, 4) is 11.5 Å². The van der Waals surface area contributed by atoms with Crippen LogP contribution in [0.3, 0.4) is 0 Å². The SMILES string of the molecule is COc1ccc(NC(=O)c2sc3nc(C)c(C(=O)CCc4cccc(OC)c4)cc3c2N)cc1. The zero-order valence-electron chi connectivity index (χ0n) is 19.2. The molecule has 7 nitrogen and oxygen atoms in total. The predicted molar refractivity (Wildman–Crippen MR) is 135 cm³/mol. The minimum atomic E-state index is -0.325. The number of ether oxygens (including phenoxy) is 2. The molecule has 0 spiro atoms. The molecule has 34 heavy (non-hydrogen) atoms. The number of pyridine rings is 1. The van der Waals surface area contributed by atoms with Crippen LogP contribution in [0.4, 0.5) is 11.4 Å². The lowest BCUT2D eigenvalue weighted by molar-refractivity contribution is 0.0980. The van der Waals surface area contributed by atoms with Crippen molar-refractivity contribution in [3.05, 3.63) is 76.3 Å². The molecule has 2 aromatic heterocycles. The summed E-state index contributed by atoms with van der Waals surface area (Å²) in [5, 5.41) is 3.45. The zero-order chi connectivity index (χ0) is 24.2. The number of nitrogens with one attached hydrogen (secondary N) is 1. The van der Waals surface area contributed by atoms with Gasteiger partial charge in [0.2, 0.25) is 0 Å². The summed E-state index contributed by atoms with van der Waals surface area (Å²) in [4.78, 5) is 31.4. The van der Waals surface area contributed by atoms with Crippen molar-refractivity contribution in [1.29, 1.82) is 0 Å². The second-order valence-electron chi connectivity index (χ2n) is 7.78. The molecule has 0 saturated heterocycles. The van der Waals surface area contributed by atoms with Crippen LogP contribution in [0.2, 0.25) is 0 Å². The molecule has 1 amide bonds. The van der Waals surface area contributed by atoms with Gasteiger partial charge in [0.05, 0.1) is 19.9 Å². The van der Waals surface area contributed by atoms with E-state index in [2.05, 4.69) is 10.3 Å². The number of Topliss-reactive ketones (excluding diaryl/α,β-unsaturated/α-hetero) is 1. The van der Waals surface area contributed by atoms with E-state index in [-0.39, 0.29) is 11.7 Å². The molecular weight excluding hydrogens is 450 g/mol. The fraction of sp³-hybridized carbons (Fsp3) is 0.192. The molecule has 2 heterocycles. The number of methoxy groups -OCH3 is 2. The van der Waals surface area contributed by atoms with Gasteiger partial charge in [-0.05, 0) is 61.4 Å². The number of hydrogen-bond donors (Lipinski definition) is 2. The van der Waals surface area contributed by atoms with Crippen LogP contribution < -0.4 is 20.5 Å². The molecule has 3 N–H and O–H groups in total. The number of carbonyl (C=O) groups is 2. The van der Waals surface area contributed by atoms with E-state index >= 15 is 0 Å². The molecule has 0 fully saturated rings. The summed E-state index contributed by atoms with van der Waals surface area (Å²) in [6, 6.07) is 16.4. The van der Waals surface area contributed by atoms with E-state index in [1.165, 1.54) is 11.3 Å². The molecule has 0 aliphatic carbocycles. The fourth-order valence-electron chi connectivity index (χ4n) is 3.66. The quantitative estimate of drug-likeness (QED) is 0.337. The van der Waals surface area contributed by atoms with Gasteiger partial charge in [-0.25, -0.2) is 4.98 Å². The molecule has 8 heteroatoms. The molecule has 4 rings (SSSR count). The number of anilines is 2. The minimum Gasteiger partial charge on any atom is -0.497 e. The number of aryl methyl sites for hydroxylation is 2. The van der Waals surface area contributed by atoms with Crippen molar-refractivity contribution in [2.24, 2.45) is 0 Å². The summed E-state index contributed by atoms with van der Waals surface area (Å²) >= 11 is 1.21. The van der Waals surface area contributed by atoms with E-state index in [0.29, 0.717) is 56.3 Å². The van der Waals surface area contributed by atoms with E-state index in [1.807, 2.05) is 24.3 Å². The first-order valence-electron chi connectivity index (χ1n) is 10.7. The topological polar surface area (TPSA) is 104 Å². The van der Waals surface area contributed by atoms with Gasteiger partial charge in [0.15, 0.2) is 5.78 Å². The van der Waals surface area contributed by atoms with Gasteiger partial charge in [0.25, 0.3) is 5.91 Å². The summed E-state index contributed by atoms with van der Waals surface area (Å²) in [6.07, 6.45) is 0.915. The highest BCUT2D eigenvalue weighted by atomic mass is 32.1. The third-order valence-electron chi connectivity index (χ3n) is 5.54. The van der Waals surface area contributed by atoms with Crippen molar-refractivity contribution in [3.63, 3.8) is 0 Å². The van der Waals surface area contributed by atoms with Crippen molar-refractivity contribution >= 4 is 44.6 Å². The van der Waals surface area contributed by atoms with E-state index in [4.69, 9.17) is 15.2 Å². The highest BCUT2D eigenvalue weighted by molar-refractivity contribution is 7.21. The maximum absolute atomic E-state index is 13.0. The van der Waals surface area contributed by atoms with Gasteiger partial charge in [-0.1, -0.05) is 12.1 Å². The van der Waals surface area contributed by atoms with Crippen molar-refractivity contribution in [1.82, 2.24) is 4.98 Å². The smallest absolute Gasteiger partial charge is 0.267 e. The molecule has 0 aliphatic heterocycles. The summed E-state index contributed by atoms with van der Waals surface area (Å²) < 4.78 is 10.4. The lowest BCUT2D eigenvalue weighted by Crippen LogP contribution is -2.11. The van der Waals surface area contributed by atoms with E-state index in [9.17, 15) is 9.59 Å².